The molecular weight excluding hydrogens is 356 g/mol. The van der Waals surface area contributed by atoms with E-state index in [2.05, 4.69) is 4.98 Å². The van der Waals surface area contributed by atoms with E-state index in [1.54, 1.807) is 11.0 Å². The van der Waals surface area contributed by atoms with E-state index in [-0.39, 0.29) is 5.91 Å². The maximum absolute atomic E-state index is 12.5. The number of rotatable bonds is 4. The number of carboxylic acids is 1. The molecule has 28 heavy (non-hydrogen) atoms. The van der Waals surface area contributed by atoms with Gasteiger partial charge in [0.2, 0.25) is 11.8 Å². The molecule has 0 unspecified atom stereocenters. The second-order valence-electron chi connectivity index (χ2n) is 6.93. The van der Waals surface area contributed by atoms with E-state index >= 15 is 0 Å². The Morgan fingerprint density at radius 3 is 2.39 bits per heavy atom. The summed E-state index contributed by atoms with van der Waals surface area (Å²) in [5, 5.41) is 9.85. The van der Waals surface area contributed by atoms with Crippen LogP contribution in [0.3, 0.4) is 0 Å². The summed E-state index contributed by atoms with van der Waals surface area (Å²) in [6.45, 7) is 0.774. The SMILES string of the molecule is O=C(C=Cc1nc2ccccc2o1)N1CCC(C(=O)O)(c2ccccc2)CC1. The van der Waals surface area contributed by atoms with E-state index in [4.69, 9.17) is 4.42 Å². The summed E-state index contributed by atoms with van der Waals surface area (Å²) < 4.78 is 5.58. The Labute approximate surface area is 162 Å². The summed E-state index contributed by atoms with van der Waals surface area (Å²) in [7, 11) is 0. The minimum Gasteiger partial charge on any atom is -0.481 e. The van der Waals surface area contributed by atoms with Gasteiger partial charge in [0.1, 0.15) is 5.52 Å². The number of carbonyl (C=O) groups excluding carboxylic acids is 1. The normalized spacial score (nSPS) is 16.5. The third-order valence-electron chi connectivity index (χ3n) is 5.34. The molecule has 0 atom stereocenters. The molecule has 142 valence electrons. The molecule has 6 nitrogen and oxygen atoms in total. The number of benzene rings is 2. The van der Waals surface area contributed by atoms with Crippen LogP contribution < -0.4 is 0 Å². The van der Waals surface area contributed by atoms with Crippen molar-refractivity contribution >= 4 is 29.1 Å². The van der Waals surface area contributed by atoms with Crippen molar-refractivity contribution in [2.75, 3.05) is 13.1 Å². The number of carboxylic acid groups (broad SMARTS) is 1. The van der Waals surface area contributed by atoms with Crippen molar-refractivity contribution in [2.45, 2.75) is 18.3 Å². The summed E-state index contributed by atoms with van der Waals surface area (Å²) in [5.74, 6) is -0.641. The van der Waals surface area contributed by atoms with Crippen molar-refractivity contribution in [1.82, 2.24) is 9.88 Å². The number of carbonyl (C=O) groups is 2. The number of fused-ring (bicyclic) bond motifs is 1. The van der Waals surface area contributed by atoms with Crippen molar-refractivity contribution in [3.05, 3.63) is 72.1 Å². The molecule has 0 bridgehead atoms. The zero-order chi connectivity index (χ0) is 19.6. The fourth-order valence-electron chi connectivity index (χ4n) is 3.70. The number of hydrogen-bond donors (Lipinski definition) is 1. The lowest BCUT2D eigenvalue weighted by molar-refractivity contribution is -0.147. The number of piperidine rings is 1. The van der Waals surface area contributed by atoms with Gasteiger partial charge in [0.05, 0.1) is 5.41 Å². The number of nitrogens with zero attached hydrogens (tertiary/aromatic N) is 2. The molecule has 1 saturated heterocycles. The Kier molecular flexibility index (Phi) is 4.69. The summed E-state index contributed by atoms with van der Waals surface area (Å²) in [6.07, 6.45) is 3.75. The predicted molar refractivity (Wildman–Crippen MR) is 105 cm³/mol. The summed E-state index contributed by atoms with van der Waals surface area (Å²) >= 11 is 0. The van der Waals surface area contributed by atoms with Crippen molar-refractivity contribution in [3.8, 4) is 0 Å². The Morgan fingerprint density at radius 2 is 1.71 bits per heavy atom. The van der Waals surface area contributed by atoms with E-state index in [1.807, 2.05) is 54.6 Å². The van der Waals surface area contributed by atoms with E-state index in [9.17, 15) is 14.7 Å². The number of para-hydroxylation sites is 2. The number of amides is 1. The molecule has 4 rings (SSSR count). The average molecular weight is 376 g/mol. The third-order valence-corrected chi connectivity index (χ3v) is 5.34. The number of hydrogen-bond acceptors (Lipinski definition) is 4. The van der Waals surface area contributed by atoms with Gasteiger partial charge >= 0.3 is 5.97 Å². The molecule has 1 amide bonds. The molecule has 2 heterocycles. The maximum atomic E-state index is 12.5. The van der Waals surface area contributed by atoms with Crippen LogP contribution in [-0.4, -0.2) is 40.0 Å². The first-order valence-corrected chi connectivity index (χ1v) is 9.20. The molecule has 1 aromatic heterocycles. The average Bonchev–Trinajstić information content (AvgIpc) is 3.15. The topological polar surface area (TPSA) is 83.6 Å². The molecule has 1 aliphatic heterocycles. The van der Waals surface area contributed by atoms with Crippen LogP contribution in [0.2, 0.25) is 0 Å². The van der Waals surface area contributed by atoms with E-state index in [0.717, 1.165) is 11.1 Å². The standard InChI is InChI=1S/C22H20N2O4/c25-20(11-10-19-23-17-8-4-5-9-18(17)28-19)24-14-12-22(13-15-24,21(26)27)16-6-2-1-3-7-16/h1-11H,12-15H2,(H,26,27). The smallest absolute Gasteiger partial charge is 0.314 e. The molecule has 0 aliphatic carbocycles. The first-order chi connectivity index (χ1) is 13.6. The highest BCUT2D eigenvalue weighted by Crippen LogP contribution is 2.36. The van der Waals surface area contributed by atoms with Gasteiger partial charge < -0.3 is 14.4 Å². The lowest BCUT2D eigenvalue weighted by atomic mass is 9.73. The Balaban J connectivity index is 1.45. The number of oxazole rings is 1. The summed E-state index contributed by atoms with van der Waals surface area (Å²) in [5.41, 5.74) is 1.25. The second kappa shape index (κ2) is 7.31. The minimum atomic E-state index is -0.942. The van der Waals surface area contributed by atoms with Crippen LogP contribution in [0.4, 0.5) is 0 Å². The zero-order valence-corrected chi connectivity index (χ0v) is 15.2. The monoisotopic (exact) mass is 376 g/mol. The van der Waals surface area contributed by atoms with E-state index in [1.165, 1.54) is 6.08 Å². The van der Waals surface area contributed by atoms with Crippen LogP contribution in [0.5, 0.6) is 0 Å². The molecule has 0 spiro atoms. The molecule has 0 saturated carbocycles. The Morgan fingerprint density at radius 1 is 1.04 bits per heavy atom. The summed E-state index contributed by atoms with van der Waals surface area (Å²) in [4.78, 5) is 30.5. The van der Waals surface area contributed by atoms with Gasteiger partial charge in [-0.05, 0) is 30.5 Å². The quantitative estimate of drug-likeness (QED) is 0.705. The highest BCUT2D eigenvalue weighted by molar-refractivity contribution is 5.92. The second-order valence-corrected chi connectivity index (χ2v) is 6.93. The van der Waals surface area contributed by atoms with Gasteiger partial charge in [-0.15, -0.1) is 0 Å². The van der Waals surface area contributed by atoms with Crippen molar-refractivity contribution < 1.29 is 19.1 Å². The molecule has 6 heteroatoms. The number of aliphatic carboxylic acids is 1. The molecule has 3 aromatic rings. The Hall–Kier alpha value is -3.41. The third kappa shape index (κ3) is 3.29. The zero-order valence-electron chi connectivity index (χ0n) is 15.2. The van der Waals surface area contributed by atoms with Crippen LogP contribution in [0.25, 0.3) is 17.2 Å². The van der Waals surface area contributed by atoms with Crippen LogP contribution in [0.1, 0.15) is 24.3 Å². The number of likely N-dealkylation sites (tertiary alicyclic amines) is 1. The van der Waals surface area contributed by atoms with Gasteiger partial charge in [-0.1, -0.05) is 42.5 Å². The molecular formula is C22H20N2O4. The fraction of sp³-hybridized carbons (Fsp3) is 0.227. The van der Waals surface area contributed by atoms with Gasteiger partial charge in [-0.3, -0.25) is 9.59 Å². The number of aromatic nitrogens is 1. The maximum Gasteiger partial charge on any atom is 0.314 e. The van der Waals surface area contributed by atoms with Crippen LogP contribution in [0.15, 0.2) is 65.1 Å². The molecule has 1 aliphatic rings. The van der Waals surface area contributed by atoms with Crippen molar-refractivity contribution in [3.63, 3.8) is 0 Å². The van der Waals surface area contributed by atoms with E-state index in [0.29, 0.717) is 37.4 Å². The highest BCUT2D eigenvalue weighted by atomic mass is 16.4. The van der Waals surface area contributed by atoms with Crippen molar-refractivity contribution in [2.24, 2.45) is 0 Å². The van der Waals surface area contributed by atoms with Gasteiger partial charge in [-0.2, -0.15) is 0 Å². The highest BCUT2D eigenvalue weighted by Gasteiger charge is 2.43. The first kappa shape index (κ1) is 18.0. The van der Waals surface area contributed by atoms with Gasteiger partial charge in [-0.25, -0.2) is 4.98 Å². The van der Waals surface area contributed by atoms with Gasteiger partial charge in [0.15, 0.2) is 5.58 Å². The largest absolute Gasteiger partial charge is 0.481 e. The Bertz CT molecular complexity index is 998. The van der Waals surface area contributed by atoms with Gasteiger partial charge in [0.25, 0.3) is 0 Å². The first-order valence-electron chi connectivity index (χ1n) is 9.20. The molecule has 0 radical (unpaired) electrons. The van der Waals surface area contributed by atoms with Crippen LogP contribution in [-0.2, 0) is 15.0 Å². The van der Waals surface area contributed by atoms with Crippen LogP contribution in [0, 0.1) is 0 Å². The predicted octanol–water partition coefficient (Wildman–Crippen LogP) is 3.49. The lowest BCUT2D eigenvalue weighted by Gasteiger charge is -2.38. The van der Waals surface area contributed by atoms with E-state index < -0.39 is 11.4 Å². The fourth-order valence-corrected chi connectivity index (χ4v) is 3.70. The molecule has 1 N–H and O–H groups in total. The minimum absolute atomic E-state index is 0.172. The van der Waals surface area contributed by atoms with Crippen LogP contribution >= 0.6 is 0 Å². The van der Waals surface area contributed by atoms with Gasteiger partial charge in [0, 0.05) is 25.2 Å². The lowest BCUT2D eigenvalue weighted by Crippen LogP contribution is -2.48. The molecule has 1 fully saturated rings. The molecule has 2 aromatic carbocycles. The van der Waals surface area contributed by atoms with Crippen molar-refractivity contribution in [1.29, 1.82) is 0 Å². The summed E-state index contributed by atoms with van der Waals surface area (Å²) in [6, 6.07) is 16.7.